The number of nitrogens with zero attached hydrogens (tertiary/aromatic N) is 2. The van der Waals surface area contributed by atoms with E-state index in [1.165, 1.54) is 11.3 Å². The number of benzene rings is 3. The Kier molecular flexibility index (Phi) is 10.1. The molecule has 5 rings (SSSR count). The molecule has 0 saturated carbocycles. The number of rotatable bonds is 14. The smallest absolute Gasteiger partial charge is 0.255 e. The summed E-state index contributed by atoms with van der Waals surface area (Å²) in [4.78, 5) is 44.1. The van der Waals surface area contributed by atoms with Crippen molar-refractivity contribution in [1.82, 2.24) is 20.7 Å². The first kappa shape index (κ1) is 29.9. The van der Waals surface area contributed by atoms with E-state index in [2.05, 4.69) is 10.3 Å². The normalized spacial score (nSPS) is 13.0. The third-order valence-corrected chi connectivity index (χ3v) is 8.17. The predicted molar refractivity (Wildman–Crippen MR) is 163 cm³/mol. The first-order valence-corrected chi connectivity index (χ1v) is 15.2. The van der Waals surface area contributed by atoms with Crippen LogP contribution in [0.5, 0.6) is 5.75 Å². The molecule has 0 saturated heterocycles. The topological polar surface area (TPSA) is 121 Å². The molecule has 10 heteroatoms. The van der Waals surface area contributed by atoms with E-state index in [1.807, 2.05) is 78.2 Å². The average Bonchev–Trinajstić information content (AvgIpc) is 3.68. The molecule has 0 fully saturated rings. The van der Waals surface area contributed by atoms with Crippen LogP contribution in [0.25, 0.3) is 11.1 Å². The molecule has 222 valence electrons. The van der Waals surface area contributed by atoms with Crippen LogP contribution >= 0.6 is 11.3 Å². The second kappa shape index (κ2) is 14.6. The molecule has 1 unspecified atom stereocenters. The van der Waals surface area contributed by atoms with E-state index in [0.29, 0.717) is 31.7 Å². The van der Waals surface area contributed by atoms with Crippen LogP contribution in [0.4, 0.5) is 0 Å². The van der Waals surface area contributed by atoms with Gasteiger partial charge in [-0.2, -0.15) is 0 Å². The summed E-state index contributed by atoms with van der Waals surface area (Å²) >= 11 is 1.47. The van der Waals surface area contributed by atoms with Crippen LogP contribution in [0.2, 0.25) is 0 Å². The molecular formula is C33H34N4O5S. The van der Waals surface area contributed by atoms with Gasteiger partial charge in [-0.3, -0.25) is 19.6 Å². The highest BCUT2D eigenvalue weighted by molar-refractivity contribution is 7.09. The summed E-state index contributed by atoms with van der Waals surface area (Å²) < 4.78 is 5.86. The van der Waals surface area contributed by atoms with Gasteiger partial charge in [-0.05, 0) is 53.3 Å². The van der Waals surface area contributed by atoms with Crippen LogP contribution in [0, 0.1) is 0 Å². The van der Waals surface area contributed by atoms with Crippen LogP contribution in [0.15, 0.2) is 84.4 Å². The Hall–Kier alpha value is -4.54. The molecule has 1 aromatic heterocycles. The Balaban J connectivity index is 1.21. The Morgan fingerprint density at radius 3 is 2.49 bits per heavy atom. The lowest BCUT2D eigenvalue weighted by molar-refractivity contribution is -0.129. The Morgan fingerprint density at radius 1 is 0.977 bits per heavy atom. The van der Waals surface area contributed by atoms with Gasteiger partial charge in [0.2, 0.25) is 11.8 Å². The fourth-order valence-electron chi connectivity index (χ4n) is 5.15. The number of amides is 3. The molecule has 2 heterocycles. The minimum Gasteiger partial charge on any atom is -0.494 e. The fraction of sp³-hybridized carbons (Fsp3) is 0.273. The van der Waals surface area contributed by atoms with Crippen molar-refractivity contribution in [2.45, 2.75) is 51.2 Å². The highest BCUT2D eigenvalue weighted by Gasteiger charge is 2.37. The Labute approximate surface area is 254 Å². The molecule has 43 heavy (non-hydrogen) atoms. The van der Waals surface area contributed by atoms with Crippen molar-refractivity contribution in [3.8, 4) is 16.9 Å². The van der Waals surface area contributed by atoms with Crippen LogP contribution in [-0.4, -0.2) is 39.4 Å². The lowest BCUT2D eigenvalue weighted by atomic mass is 10.0. The van der Waals surface area contributed by atoms with Crippen molar-refractivity contribution in [2.75, 3.05) is 6.61 Å². The maximum absolute atomic E-state index is 13.7. The van der Waals surface area contributed by atoms with Crippen LogP contribution in [0.1, 0.15) is 64.6 Å². The standard InChI is InChI=1S/C33H34N4O5S/c38-29(36-41)10-6-1-2-7-18-42-27-15-13-23(14-16-27)25-11-12-26-22-37(33(40)28(26)20-25)31(24-8-4-3-5-9-24)32(39)35-21-30-34-17-19-43-30/h3-5,8-9,11-17,19-20,31,41H,1-2,6-7,10,18,21-22H2,(H,35,39)(H,36,38). The second-order valence-electron chi connectivity index (χ2n) is 10.3. The molecule has 4 aromatic rings. The molecule has 0 radical (unpaired) electrons. The highest BCUT2D eigenvalue weighted by atomic mass is 32.1. The van der Waals surface area contributed by atoms with Gasteiger partial charge in [0.05, 0.1) is 13.2 Å². The monoisotopic (exact) mass is 598 g/mol. The number of unbranched alkanes of at least 4 members (excludes halogenated alkanes) is 3. The van der Waals surface area contributed by atoms with Crippen molar-refractivity contribution in [3.05, 3.63) is 106 Å². The summed E-state index contributed by atoms with van der Waals surface area (Å²) in [6.45, 7) is 1.24. The van der Waals surface area contributed by atoms with Crippen molar-refractivity contribution in [1.29, 1.82) is 0 Å². The van der Waals surface area contributed by atoms with Crippen LogP contribution < -0.4 is 15.5 Å². The lowest BCUT2D eigenvalue weighted by Gasteiger charge is -2.27. The van der Waals surface area contributed by atoms with Gasteiger partial charge in [-0.25, -0.2) is 10.5 Å². The summed E-state index contributed by atoms with van der Waals surface area (Å²) in [7, 11) is 0. The number of hydrogen-bond acceptors (Lipinski definition) is 7. The largest absolute Gasteiger partial charge is 0.494 e. The molecule has 1 atom stereocenters. The number of carbonyl (C=O) groups is 3. The van der Waals surface area contributed by atoms with E-state index >= 15 is 0 Å². The van der Waals surface area contributed by atoms with E-state index in [-0.39, 0.29) is 17.7 Å². The molecule has 3 N–H and O–H groups in total. The second-order valence-corrected chi connectivity index (χ2v) is 11.3. The number of fused-ring (bicyclic) bond motifs is 1. The van der Waals surface area contributed by atoms with Gasteiger partial charge in [0.1, 0.15) is 16.8 Å². The summed E-state index contributed by atoms with van der Waals surface area (Å²) in [6, 6.07) is 22.3. The first-order valence-electron chi connectivity index (χ1n) is 14.3. The quantitative estimate of drug-likeness (QED) is 0.0979. The molecular weight excluding hydrogens is 564 g/mol. The third-order valence-electron chi connectivity index (χ3n) is 7.39. The molecule has 9 nitrogen and oxygen atoms in total. The van der Waals surface area contributed by atoms with Crippen molar-refractivity contribution >= 4 is 29.1 Å². The predicted octanol–water partition coefficient (Wildman–Crippen LogP) is 5.66. The van der Waals surface area contributed by atoms with Gasteiger partial charge in [-0.15, -0.1) is 11.3 Å². The fourth-order valence-corrected chi connectivity index (χ4v) is 5.71. The Morgan fingerprint density at radius 2 is 1.74 bits per heavy atom. The zero-order valence-corrected chi connectivity index (χ0v) is 24.5. The van der Waals surface area contributed by atoms with E-state index in [4.69, 9.17) is 9.94 Å². The van der Waals surface area contributed by atoms with Gasteiger partial charge >= 0.3 is 0 Å². The zero-order chi connectivity index (χ0) is 30.0. The molecule has 3 aromatic carbocycles. The molecule has 3 amide bonds. The number of ether oxygens (including phenoxy) is 1. The molecule has 0 bridgehead atoms. The van der Waals surface area contributed by atoms with E-state index < -0.39 is 6.04 Å². The summed E-state index contributed by atoms with van der Waals surface area (Å²) in [6.07, 6.45) is 5.47. The molecule has 1 aliphatic heterocycles. The van der Waals surface area contributed by atoms with Gasteiger partial charge in [0.15, 0.2) is 0 Å². The van der Waals surface area contributed by atoms with Crippen LogP contribution in [-0.2, 0) is 22.7 Å². The van der Waals surface area contributed by atoms with Gasteiger partial charge < -0.3 is 15.0 Å². The SMILES string of the molecule is O=C(CCCCCCOc1ccc(-c2ccc3c(c2)C(=O)N(C(C(=O)NCc2nccs2)c2ccccc2)C3)cc1)NO. The lowest BCUT2D eigenvalue weighted by Crippen LogP contribution is -2.40. The number of hydrogen-bond donors (Lipinski definition) is 3. The maximum Gasteiger partial charge on any atom is 0.255 e. The number of thiazole rings is 1. The zero-order valence-electron chi connectivity index (χ0n) is 23.7. The number of carbonyl (C=O) groups excluding carboxylic acids is 3. The molecule has 1 aliphatic rings. The minimum absolute atomic E-state index is 0.174. The minimum atomic E-state index is -0.763. The van der Waals surface area contributed by atoms with E-state index in [9.17, 15) is 14.4 Å². The van der Waals surface area contributed by atoms with E-state index in [0.717, 1.165) is 58.7 Å². The first-order chi connectivity index (χ1) is 21.0. The summed E-state index contributed by atoms with van der Waals surface area (Å²) in [5.74, 6) is -0.00983. The Bertz CT molecular complexity index is 1530. The number of hydroxylamine groups is 1. The average molecular weight is 599 g/mol. The van der Waals surface area contributed by atoms with E-state index in [1.54, 1.807) is 16.6 Å². The maximum atomic E-state index is 13.7. The van der Waals surface area contributed by atoms with Crippen LogP contribution in [0.3, 0.4) is 0 Å². The van der Waals surface area contributed by atoms with Gasteiger partial charge in [0, 0.05) is 30.1 Å². The van der Waals surface area contributed by atoms with Crippen molar-refractivity contribution < 1.29 is 24.3 Å². The number of nitrogens with one attached hydrogen (secondary N) is 2. The van der Waals surface area contributed by atoms with Crippen molar-refractivity contribution in [2.24, 2.45) is 0 Å². The molecule has 0 spiro atoms. The summed E-state index contributed by atoms with van der Waals surface area (Å²) in [5.41, 5.74) is 5.76. The van der Waals surface area contributed by atoms with Gasteiger partial charge in [-0.1, -0.05) is 67.4 Å². The van der Waals surface area contributed by atoms with Crippen molar-refractivity contribution in [3.63, 3.8) is 0 Å². The number of aromatic nitrogens is 1. The summed E-state index contributed by atoms with van der Waals surface area (Å²) in [5, 5.41) is 14.2. The van der Waals surface area contributed by atoms with Gasteiger partial charge in [0.25, 0.3) is 5.91 Å². The third kappa shape index (κ3) is 7.65. The highest BCUT2D eigenvalue weighted by Crippen LogP contribution is 2.34. The molecule has 0 aliphatic carbocycles.